The molecule has 2 rings (SSSR count). The zero-order valence-corrected chi connectivity index (χ0v) is 15.5. The minimum atomic E-state index is -0.455. The zero-order chi connectivity index (χ0) is 19.8. The Morgan fingerprint density at radius 1 is 0.963 bits per heavy atom. The first kappa shape index (κ1) is 19.9. The SMILES string of the molecule is CC/C(C)=C/C(=O)Nc1cccc(NC(=O)c2cccc(OC(C)=O)c2)c1. The lowest BCUT2D eigenvalue weighted by atomic mass is 10.2. The summed E-state index contributed by atoms with van der Waals surface area (Å²) >= 11 is 0. The van der Waals surface area contributed by atoms with Gasteiger partial charge >= 0.3 is 5.97 Å². The summed E-state index contributed by atoms with van der Waals surface area (Å²) in [5.41, 5.74) is 2.44. The van der Waals surface area contributed by atoms with Gasteiger partial charge in [0, 0.05) is 29.9 Å². The number of carbonyl (C=O) groups is 3. The minimum absolute atomic E-state index is 0.216. The molecule has 6 nitrogen and oxygen atoms in total. The molecule has 0 radical (unpaired) electrons. The molecule has 0 aromatic heterocycles. The smallest absolute Gasteiger partial charge is 0.308 e. The topological polar surface area (TPSA) is 84.5 Å². The zero-order valence-electron chi connectivity index (χ0n) is 15.5. The molecule has 2 amide bonds. The summed E-state index contributed by atoms with van der Waals surface area (Å²) in [6.07, 6.45) is 2.35. The Bertz CT molecular complexity index is 887. The van der Waals surface area contributed by atoms with Crippen molar-refractivity contribution in [3.8, 4) is 5.75 Å². The van der Waals surface area contributed by atoms with E-state index in [0.717, 1.165) is 12.0 Å². The van der Waals surface area contributed by atoms with Crippen molar-refractivity contribution in [3.63, 3.8) is 0 Å². The predicted octanol–water partition coefficient (Wildman–Crippen LogP) is 4.16. The second-order valence-electron chi connectivity index (χ2n) is 5.99. The molecule has 0 aliphatic rings. The third kappa shape index (κ3) is 6.43. The molecule has 0 aliphatic carbocycles. The molecule has 2 N–H and O–H groups in total. The van der Waals surface area contributed by atoms with Gasteiger partial charge in [-0.05, 0) is 49.7 Å². The normalized spacial score (nSPS) is 10.9. The summed E-state index contributed by atoms with van der Waals surface area (Å²) in [7, 11) is 0. The Hall–Kier alpha value is -3.41. The maximum absolute atomic E-state index is 12.4. The van der Waals surface area contributed by atoms with Crippen LogP contribution in [0, 0.1) is 0 Å². The van der Waals surface area contributed by atoms with E-state index >= 15 is 0 Å². The second-order valence-corrected chi connectivity index (χ2v) is 5.99. The fraction of sp³-hybridized carbons (Fsp3) is 0.190. The van der Waals surface area contributed by atoms with Crippen molar-refractivity contribution in [3.05, 3.63) is 65.7 Å². The van der Waals surface area contributed by atoms with Gasteiger partial charge in [0.25, 0.3) is 5.91 Å². The van der Waals surface area contributed by atoms with Gasteiger partial charge in [-0.1, -0.05) is 24.6 Å². The number of hydrogen-bond acceptors (Lipinski definition) is 4. The molecule has 27 heavy (non-hydrogen) atoms. The van der Waals surface area contributed by atoms with Crippen LogP contribution in [0.5, 0.6) is 5.75 Å². The van der Waals surface area contributed by atoms with E-state index < -0.39 is 5.97 Å². The molecule has 2 aromatic carbocycles. The number of hydrogen-bond donors (Lipinski definition) is 2. The Balaban J connectivity index is 2.08. The van der Waals surface area contributed by atoms with E-state index in [4.69, 9.17) is 4.74 Å². The third-order valence-corrected chi connectivity index (χ3v) is 3.68. The van der Waals surface area contributed by atoms with Crippen molar-refractivity contribution in [2.24, 2.45) is 0 Å². The molecule has 6 heteroatoms. The summed E-state index contributed by atoms with van der Waals surface area (Å²) in [5, 5.41) is 5.53. The standard InChI is InChI=1S/C21H22N2O4/c1-4-14(2)11-20(25)22-17-8-6-9-18(13-17)23-21(26)16-7-5-10-19(12-16)27-15(3)24/h5-13H,4H2,1-3H3,(H,22,25)(H,23,26)/b14-11+. The van der Waals surface area contributed by atoms with Gasteiger partial charge in [0.15, 0.2) is 0 Å². The van der Waals surface area contributed by atoms with Crippen LogP contribution in [0.3, 0.4) is 0 Å². The van der Waals surface area contributed by atoms with Crippen LogP contribution in [0.2, 0.25) is 0 Å². The molecule has 0 heterocycles. The van der Waals surface area contributed by atoms with Crippen molar-refractivity contribution in [1.29, 1.82) is 0 Å². The number of amides is 2. The first-order valence-corrected chi connectivity index (χ1v) is 8.55. The quantitative estimate of drug-likeness (QED) is 0.457. The van der Waals surface area contributed by atoms with Crippen molar-refractivity contribution in [1.82, 2.24) is 0 Å². The Kier molecular flexibility index (Phi) is 6.88. The lowest BCUT2D eigenvalue weighted by molar-refractivity contribution is -0.131. The summed E-state index contributed by atoms with van der Waals surface area (Å²) in [4.78, 5) is 35.4. The van der Waals surface area contributed by atoms with Crippen molar-refractivity contribution >= 4 is 29.2 Å². The second kappa shape index (κ2) is 9.33. The van der Waals surface area contributed by atoms with Gasteiger partial charge in [0.05, 0.1) is 0 Å². The highest BCUT2D eigenvalue weighted by Gasteiger charge is 2.09. The van der Waals surface area contributed by atoms with Gasteiger partial charge in [-0.15, -0.1) is 0 Å². The lowest BCUT2D eigenvalue weighted by Gasteiger charge is -2.09. The van der Waals surface area contributed by atoms with Crippen LogP contribution in [0.25, 0.3) is 0 Å². The average molecular weight is 366 g/mol. The van der Waals surface area contributed by atoms with E-state index in [2.05, 4.69) is 10.6 Å². The monoisotopic (exact) mass is 366 g/mol. The summed E-state index contributed by atoms with van der Waals surface area (Å²) < 4.78 is 4.99. The highest BCUT2D eigenvalue weighted by Crippen LogP contribution is 2.18. The molecule has 0 unspecified atom stereocenters. The molecule has 0 aliphatic heterocycles. The third-order valence-electron chi connectivity index (χ3n) is 3.68. The molecule has 0 saturated carbocycles. The number of rotatable bonds is 6. The average Bonchev–Trinajstić information content (AvgIpc) is 2.61. The number of anilines is 2. The molecule has 2 aromatic rings. The number of nitrogens with one attached hydrogen (secondary N) is 2. The van der Waals surface area contributed by atoms with Crippen molar-refractivity contribution < 1.29 is 19.1 Å². The van der Waals surface area contributed by atoms with Crippen LogP contribution < -0.4 is 15.4 Å². The number of allylic oxidation sites excluding steroid dienone is 1. The highest BCUT2D eigenvalue weighted by atomic mass is 16.5. The number of ether oxygens (including phenoxy) is 1. The molecular weight excluding hydrogens is 344 g/mol. The van der Waals surface area contributed by atoms with Crippen molar-refractivity contribution in [2.75, 3.05) is 10.6 Å². The van der Waals surface area contributed by atoms with Crippen LogP contribution in [0.15, 0.2) is 60.2 Å². The maximum Gasteiger partial charge on any atom is 0.308 e. The first-order valence-electron chi connectivity index (χ1n) is 8.55. The van der Waals surface area contributed by atoms with Crippen LogP contribution in [0.1, 0.15) is 37.6 Å². The van der Waals surface area contributed by atoms with Gasteiger partial charge in [-0.2, -0.15) is 0 Å². The maximum atomic E-state index is 12.4. The highest BCUT2D eigenvalue weighted by molar-refractivity contribution is 6.05. The summed E-state index contributed by atoms with van der Waals surface area (Å²) in [5.74, 6) is -0.723. The van der Waals surface area contributed by atoms with Gasteiger partial charge in [0.2, 0.25) is 5.91 Å². The number of carbonyl (C=O) groups excluding carboxylic acids is 3. The van der Waals surface area contributed by atoms with Crippen LogP contribution in [0.4, 0.5) is 11.4 Å². The van der Waals surface area contributed by atoms with Gasteiger partial charge in [0.1, 0.15) is 5.75 Å². The van der Waals surface area contributed by atoms with E-state index in [9.17, 15) is 14.4 Å². The number of esters is 1. The fourth-order valence-electron chi connectivity index (χ4n) is 2.25. The summed E-state index contributed by atoms with van der Waals surface area (Å²) in [6, 6.07) is 13.2. The first-order chi connectivity index (χ1) is 12.9. The van der Waals surface area contributed by atoms with Gasteiger partial charge in [-0.3, -0.25) is 14.4 Å². The van der Waals surface area contributed by atoms with Gasteiger partial charge < -0.3 is 15.4 Å². The van der Waals surface area contributed by atoms with Crippen molar-refractivity contribution in [2.45, 2.75) is 27.2 Å². The largest absolute Gasteiger partial charge is 0.427 e. The fourth-order valence-corrected chi connectivity index (χ4v) is 2.25. The molecule has 0 fully saturated rings. The number of benzene rings is 2. The molecular formula is C21H22N2O4. The minimum Gasteiger partial charge on any atom is -0.427 e. The van der Waals surface area contributed by atoms with E-state index in [0.29, 0.717) is 22.7 Å². The molecule has 0 bridgehead atoms. The Labute approximate surface area is 158 Å². The van der Waals surface area contributed by atoms with E-state index in [-0.39, 0.29) is 11.8 Å². The van der Waals surface area contributed by atoms with E-state index in [1.54, 1.807) is 48.5 Å². The Morgan fingerprint density at radius 3 is 2.30 bits per heavy atom. The van der Waals surface area contributed by atoms with E-state index in [1.165, 1.54) is 13.0 Å². The molecule has 0 saturated heterocycles. The van der Waals surface area contributed by atoms with Crippen LogP contribution >= 0.6 is 0 Å². The van der Waals surface area contributed by atoms with Gasteiger partial charge in [-0.25, -0.2) is 0 Å². The van der Waals surface area contributed by atoms with Crippen LogP contribution in [-0.2, 0) is 9.59 Å². The molecule has 140 valence electrons. The van der Waals surface area contributed by atoms with Crippen LogP contribution in [-0.4, -0.2) is 17.8 Å². The lowest BCUT2D eigenvalue weighted by Crippen LogP contribution is -2.13. The van der Waals surface area contributed by atoms with E-state index in [1.807, 2.05) is 13.8 Å². The Morgan fingerprint density at radius 2 is 1.63 bits per heavy atom. The predicted molar refractivity (Wildman–Crippen MR) is 105 cm³/mol. The summed E-state index contributed by atoms with van der Waals surface area (Å²) in [6.45, 7) is 5.16. The molecule has 0 spiro atoms. The molecule has 0 atom stereocenters.